The molecule has 0 spiro atoms. The van der Waals surface area contributed by atoms with Crippen LogP contribution in [-0.2, 0) is 14.3 Å². The molecule has 0 aliphatic heterocycles. The molecule has 1 amide bonds. The van der Waals surface area contributed by atoms with Gasteiger partial charge in [0.15, 0.2) is 0 Å². The lowest BCUT2D eigenvalue weighted by molar-refractivity contribution is -0.150. The summed E-state index contributed by atoms with van der Waals surface area (Å²) >= 11 is 0. The largest absolute Gasteiger partial charge is 0.481 e. The summed E-state index contributed by atoms with van der Waals surface area (Å²) in [5.41, 5.74) is 0. The molecule has 1 unspecified atom stereocenters. The van der Waals surface area contributed by atoms with Crippen LogP contribution in [0.1, 0.15) is 20.8 Å². The fourth-order valence-electron chi connectivity index (χ4n) is 1.31. The Labute approximate surface area is 96.4 Å². The molecule has 0 aliphatic carbocycles. The van der Waals surface area contributed by atoms with Crippen molar-refractivity contribution >= 4 is 11.9 Å². The highest BCUT2D eigenvalue weighted by Gasteiger charge is 2.26. The van der Waals surface area contributed by atoms with Crippen LogP contribution in [0, 0.1) is 11.8 Å². The van der Waals surface area contributed by atoms with Gasteiger partial charge in [-0.1, -0.05) is 13.8 Å². The minimum atomic E-state index is -1.09. The number of methoxy groups -OCH3 is 1. The van der Waals surface area contributed by atoms with Gasteiger partial charge in [0.1, 0.15) is 5.92 Å². The lowest BCUT2D eigenvalue weighted by atomic mass is 10.1. The van der Waals surface area contributed by atoms with Crippen LogP contribution in [0.2, 0.25) is 0 Å². The van der Waals surface area contributed by atoms with Crippen molar-refractivity contribution in [3.05, 3.63) is 0 Å². The maximum absolute atomic E-state index is 11.8. The molecule has 0 heterocycles. The van der Waals surface area contributed by atoms with Gasteiger partial charge in [0.05, 0.1) is 6.61 Å². The summed E-state index contributed by atoms with van der Waals surface area (Å²) in [5.74, 6) is -2.12. The predicted molar refractivity (Wildman–Crippen MR) is 60.1 cm³/mol. The smallest absolute Gasteiger partial charge is 0.315 e. The normalized spacial score (nSPS) is 12.6. The number of ether oxygens (including phenoxy) is 1. The van der Waals surface area contributed by atoms with Crippen molar-refractivity contribution in [3.63, 3.8) is 0 Å². The van der Waals surface area contributed by atoms with Crippen LogP contribution in [0.5, 0.6) is 0 Å². The topological polar surface area (TPSA) is 66.8 Å². The summed E-state index contributed by atoms with van der Waals surface area (Å²) in [6, 6.07) is 0. The van der Waals surface area contributed by atoms with E-state index in [1.807, 2.05) is 13.8 Å². The number of hydrogen-bond donors (Lipinski definition) is 1. The summed E-state index contributed by atoms with van der Waals surface area (Å²) in [6.07, 6.45) is 0. The van der Waals surface area contributed by atoms with Gasteiger partial charge >= 0.3 is 5.97 Å². The highest BCUT2D eigenvalue weighted by atomic mass is 16.5. The van der Waals surface area contributed by atoms with E-state index in [0.717, 1.165) is 0 Å². The van der Waals surface area contributed by atoms with Gasteiger partial charge in [0, 0.05) is 20.2 Å². The second-order valence-electron chi connectivity index (χ2n) is 4.23. The molecular weight excluding hydrogens is 210 g/mol. The summed E-state index contributed by atoms with van der Waals surface area (Å²) in [6.45, 7) is 6.79. The second-order valence-corrected chi connectivity index (χ2v) is 4.23. The van der Waals surface area contributed by atoms with Crippen LogP contribution < -0.4 is 0 Å². The molecule has 1 atom stereocenters. The van der Waals surface area contributed by atoms with Crippen LogP contribution in [0.15, 0.2) is 0 Å². The molecule has 0 radical (unpaired) electrons. The van der Waals surface area contributed by atoms with Crippen LogP contribution in [-0.4, -0.2) is 48.7 Å². The molecule has 0 saturated carbocycles. The standard InChI is InChI=1S/C11H21NO4/c1-8(2)7-12(5-6-16-4)10(13)9(3)11(14)15/h8-9H,5-7H2,1-4H3,(H,14,15). The fraction of sp³-hybridized carbons (Fsp3) is 0.818. The van der Waals surface area contributed by atoms with E-state index >= 15 is 0 Å². The zero-order valence-electron chi connectivity index (χ0n) is 10.4. The van der Waals surface area contributed by atoms with Gasteiger partial charge in [-0.15, -0.1) is 0 Å². The number of carbonyl (C=O) groups is 2. The Bertz CT molecular complexity index is 240. The van der Waals surface area contributed by atoms with Crippen molar-refractivity contribution in [1.82, 2.24) is 4.90 Å². The lowest BCUT2D eigenvalue weighted by Crippen LogP contribution is -2.42. The number of nitrogens with zero attached hydrogens (tertiary/aromatic N) is 1. The molecule has 5 nitrogen and oxygen atoms in total. The summed E-state index contributed by atoms with van der Waals surface area (Å²) in [7, 11) is 1.55. The first kappa shape index (κ1) is 14.9. The minimum absolute atomic E-state index is 0.307. The molecule has 0 saturated heterocycles. The Morgan fingerprint density at radius 3 is 2.25 bits per heavy atom. The monoisotopic (exact) mass is 231 g/mol. The van der Waals surface area contributed by atoms with Crippen molar-refractivity contribution in [2.24, 2.45) is 11.8 Å². The molecule has 0 fully saturated rings. The van der Waals surface area contributed by atoms with E-state index in [1.54, 1.807) is 12.0 Å². The quantitative estimate of drug-likeness (QED) is 0.659. The zero-order valence-corrected chi connectivity index (χ0v) is 10.4. The van der Waals surface area contributed by atoms with Gasteiger partial charge in [0.2, 0.25) is 5.91 Å². The Morgan fingerprint density at radius 2 is 1.88 bits per heavy atom. The molecule has 0 aromatic heterocycles. The van der Waals surface area contributed by atoms with E-state index in [1.165, 1.54) is 6.92 Å². The van der Waals surface area contributed by atoms with E-state index < -0.39 is 11.9 Å². The van der Waals surface area contributed by atoms with Crippen LogP contribution >= 0.6 is 0 Å². The number of amides is 1. The molecule has 0 bridgehead atoms. The van der Waals surface area contributed by atoms with Gasteiger partial charge in [0.25, 0.3) is 0 Å². The van der Waals surface area contributed by atoms with Crippen LogP contribution in [0.4, 0.5) is 0 Å². The first-order valence-corrected chi connectivity index (χ1v) is 5.40. The third-order valence-corrected chi connectivity index (χ3v) is 2.20. The van der Waals surface area contributed by atoms with Gasteiger partial charge < -0.3 is 14.7 Å². The summed E-state index contributed by atoms with van der Waals surface area (Å²) in [4.78, 5) is 24.1. The fourth-order valence-corrected chi connectivity index (χ4v) is 1.31. The van der Waals surface area contributed by atoms with Gasteiger partial charge in [-0.2, -0.15) is 0 Å². The Balaban J connectivity index is 4.48. The zero-order chi connectivity index (χ0) is 12.7. The average molecular weight is 231 g/mol. The first-order valence-electron chi connectivity index (χ1n) is 5.40. The second kappa shape index (κ2) is 7.22. The van der Waals surface area contributed by atoms with Crippen molar-refractivity contribution in [3.8, 4) is 0 Å². The summed E-state index contributed by atoms with van der Waals surface area (Å²) < 4.78 is 4.90. The summed E-state index contributed by atoms with van der Waals surface area (Å²) in [5, 5.41) is 8.78. The van der Waals surface area contributed by atoms with Crippen LogP contribution in [0.3, 0.4) is 0 Å². The number of rotatable bonds is 7. The number of hydrogen-bond acceptors (Lipinski definition) is 3. The predicted octanol–water partition coefficient (Wildman–Crippen LogP) is 0.838. The molecule has 0 aliphatic rings. The van der Waals surface area contributed by atoms with Gasteiger partial charge in [-0.3, -0.25) is 9.59 Å². The highest BCUT2D eigenvalue weighted by Crippen LogP contribution is 2.06. The molecule has 0 aromatic rings. The Morgan fingerprint density at radius 1 is 1.31 bits per heavy atom. The number of carboxylic acids is 1. The van der Waals surface area contributed by atoms with Crippen molar-refractivity contribution < 1.29 is 19.4 Å². The van der Waals surface area contributed by atoms with Crippen LogP contribution in [0.25, 0.3) is 0 Å². The number of carboxylic acid groups (broad SMARTS) is 1. The molecular formula is C11H21NO4. The van der Waals surface area contributed by atoms with E-state index in [9.17, 15) is 9.59 Å². The third kappa shape index (κ3) is 5.11. The number of aliphatic carboxylic acids is 1. The first-order chi connectivity index (χ1) is 7.40. The SMILES string of the molecule is COCCN(CC(C)C)C(=O)C(C)C(=O)O. The molecule has 5 heteroatoms. The van der Waals surface area contributed by atoms with E-state index in [0.29, 0.717) is 25.6 Å². The van der Waals surface area contributed by atoms with Crippen molar-refractivity contribution in [1.29, 1.82) is 0 Å². The molecule has 94 valence electrons. The van der Waals surface area contributed by atoms with Gasteiger partial charge in [-0.05, 0) is 12.8 Å². The van der Waals surface area contributed by atoms with Gasteiger partial charge in [-0.25, -0.2) is 0 Å². The van der Waals surface area contributed by atoms with Crippen molar-refractivity contribution in [2.45, 2.75) is 20.8 Å². The van der Waals surface area contributed by atoms with E-state index in [2.05, 4.69) is 0 Å². The lowest BCUT2D eigenvalue weighted by Gasteiger charge is -2.25. The maximum atomic E-state index is 11.8. The van der Waals surface area contributed by atoms with Crippen molar-refractivity contribution in [2.75, 3.05) is 26.8 Å². The number of carbonyl (C=O) groups excluding carboxylic acids is 1. The van der Waals surface area contributed by atoms with E-state index in [-0.39, 0.29) is 5.91 Å². The third-order valence-electron chi connectivity index (χ3n) is 2.20. The highest BCUT2D eigenvalue weighted by molar-refractivity contribution is 5.96. The average Bonchev–Trinajstić information content (AvgIpc) is 2.21. The minimum Gasteiger partial charge on any atom is -0.481 e. The Hall–Kier alpha value is -1.10. The molecule has 16 heavy (non-hydrogen) atoms. The Kier molecular flexibility index (Phi) is 6.72. The maximum Gasteiger partial charge on any atom is 0.315 e. The molecule has 0 aromatic carbocycles. The van der Waals surface area contributed by atoms with E-state index in [4.69, 9.17) is 9.84 Å². The molecule has 1 N–H and O–H groups in total. The molecule has 0 rings (SSSR count).